The fraction of sp³-hybridized carbons (Fsp3) is 0.543. The molecule has 3 rings (SSSR count). The van der Waals surface area contributed by atoms with E-state index in [1.807, 2.05) is 12.1 Å². The van der Waals surface area contributed by atoms with E-state index in [2.05, 4.69) is 13.8 Å². The van der Waals surface area contributed by atoms with E-state index in [0.717, 1.165) is 32.1 Å². The Kier molecular flexibility index (Phi) is 13.2. The predicted octanol–water partition coefficient (Wildman–Crippen LogP) is 11.2. The molecule has 0 spiro atoms. The first-order valence-electron chi connectivity index (χ1n) is 15.3. The molecule has 0 saturated carbocycles. The van der Waals surface area contributed by atoms with Gasteiger partial charge in [0.1, 0.15) is 0 Å². The summed E-state index contributed by atoms with van der Waals surface area (Å²) in [6, 6.07) is 10.4. The van der Waals surface area contributed by atoms with Crippen molar-refractivity contribution in [3.05, 3.63) is 83.0 Å². The van der Waals surface area contributed by atoms with Crippen molar-refractivity contribution in [2.24, 2.45) is 0 Å². The highest BCUT2D eigenvalue weighted by molar-refractivity contribution is 5.77. The van der Waals surface area contributed by atoms with E-state index < -0.39 is 17.3 Å². The molecule has 0 radical (unpaired) electrons. The van der Waals surface area contributed by atoms with Crippen molar-refractivity contribution in [3.63, 3.8) is 0 Å². The van der Waals surface area contributed by atoms with Gasteiger partial charge in [0, 0.05) is 17.6 Å². The van der Waals surface area contributed by atoms with E-state index >= 15 is 13.2 Å². The molecule has 0 N–H and O–H groups in total. The Morgan fingerprint density at radius 3 is 2.00 bits per heavy atom. The molecule has 0 aliphatic heterocycles. The number of ether oxygens (including phenoxy) is 1. The summed E-state index contributed by atoms with van der Waals surface area (Å²) < 4.78 is 52.4. The summed E-state index contributed by atoms with van der Waals surface area (Å²) in [6.45, 7) is 4.75. The Morgan fingerprint density at radius 1 is 0.718 bits per heavy atom. The highest BCUT2D eigenvalue weighted by Gasteiger charge is 2.39. The summed E-state index contributed by atoms with van der Waals surface area (Å²) in [5, 5.41) is 0. The average molecular weight is 541 g/mol. The first-order valence-corrected chi connectivity index (χ1v) is 15.3. The lowest BCUT2D eigenvalue weighted by Gasteiger charge is -2.30. The van der Waals surface area contributed by atoms with Gasteiger partial charge < -0.3 is 4.74 Å². The van der Waals surface area contributed by atoms with Gasteiger partial charge in [0.25, 0.3) is 0 Å². The lowest BCUT2D eigenvalue weighted by Crippen LogP contribution is -2.24. The Morgan fingerprint density at radius 2 is 1.33 bits per heavy atom. The predicted molar refractivity (Wildman–Crippen MR) is 158 cm³/mol. The van der Waals surface area contributed by atoms with Crippen LogP contribution < -0.4 is 4.74 Å². The van der Waals surface area contributed by atoms with Crippen LogP contribution in [0.3, 0.4) is 0 Å². The molecular weight excluding hydrogens is 493 g/mol. The molecule has 0 amide bonds. The summed E-state index contributed by atoms with van der Waals surface area (Å²) in [6.07, 6.45) is 21.3. The topological polar surface area (TPSA) is 9.23 Å². The number of aryl methyl sites for hydroxylation is 1. The van der Waals surface area contributed by atoms with Gasteiger partial charge in [0.15, 0.2) is 17.2 Å². The lowest BCUT2D eigenvalue weighted by molar-refractivity contribution is 0.248. The largest absolute Gasteiger partial charge is 0.490 e. The zero-order valence-electron chi connectivity index (χ0n) is 24.1. The molecule has 4 heteroatoms. The zero-order chi connectivity index (χ0) is 27.9. The van der Waals surface area contributed by atoms with E-state index in [1.54, 1.807) is 30.4 Å². The normalized spacial score (nSPS) is 16.9. The van der Waals surface area contributed by atoms with Gasteiger partial charge >= 0.3 is 0 Å². The van der Waals surface area contributed by atoms with Crippen LogP contribution in [0.4, 0.5) is 13.2 Å². The zero-order valence-corrected chi connectivity index (χ0v) is 24.1. The van der Waals surface area contributed by atoms with Crippen LogP contribution in [0.2, 0.25) is 0 Å². The molecule has 1 aliphatic carbocycles. The second-order valence-corrected chi connectivity index (χ2v) is 10.9. The van der Waals surface area contributed by atoms with Crippen LogP contribution in [0.1, 0.15) is 120 Å². The maximum Gasteiger partial charge on any atom is 0.201 e. The molecule has 1 nitrogen and oxygen atoms in total. The highest BCUT2D eigenvalue weighted by Crippen LogP contribution is 2.46. The first-order chi connectivity index (χ1) is 19.0. The first kappa shape index (κ1) is 31.0. The Balaban J connectivity index is 1.61. The van der Waals surface area contributed by atoms with E-state index in [0.29, 0.717) is 12.2 Å². The molecule has 2 aromatic carbocycles. The monoisotopic (exact) mass is 540 g/mol. The van der Waals surface area contributed by atoms with Gasteiger partial charge in [0.05, 0.1) is 6.61 Å². The summed E-state index contributed by atoms with van der Waals surface area (Å²) in [5.74, 6) is -2.22. The van der Waals surface area contributed by atoms with E-state index in [4.69, 9.17) is 4.74 Å². The minimum Gasteiger partial charge on any atom is -0.490 e. The Hall–Kier alpha value is -2.49. The molecule has 0 fully saturated rings. The minimum atomic E-state index is -1.93. The molecule has 1 atom stereocenters. The van der Waals surface area contributed by atoms with Crippen LogP contribution >= 0.6 is 0 Å². The van der Waals surface area contributed by atoms with Gasteiger partial charge in [0.2, 0.25) is 5.82 Å². The van der Waals surface area contributed by atoms with Crippen LogP contribution in [0, 0.1) is 11.6 Å². The summed E-state index contributed by atoms with van der Waals surface area (Å²) in [7, 11) is 0. The number of hydrogen-bond donors (Lipinski definition) is 0. The molecule has 1 aliphatic rings. The van der Waals surface area contributed by atoms with Crippen molar-refractivity contribution in [2.75, 3.05) is 6.61 Å². The fourth-order valence-corrected chi connectivity index (χ4v) is 5.35. The molecular formula is C35H47F3O. The lowest BCUT2D eigenvalue weighted by atomic mass is 9.78. The van der Waals surface area contributed by atoms with E-state index in [9.17, 15) is 0 Å². The standard InChI is InChI=1S/C35H47F3O/c1-3-5-7-9-10-11-13-17-27-39-32-25-24-30(33(36)34(32)37)31-19-15-16-26-35(31,38)29-22-20-28(21-23-29)18-14-12-8-6-4-2/h15-16,19-25H,3-14,17-18,26-27H2,1-2H3. The molecule has 0 bridgehead atoms. The number of benzene rings is 2. The van der Waals surface area contributed by atoms with Gasteiger partial charge in [-0.2, -0.15) is 4.39 Å². The Labute approximate surface area is 234 Å². The van der Waals surface area contributed by atoms with Crippen molar-refractivity contribution in [1.82, 2.24) is 0 Å². The third-order valence-corrected chi connectivity index (χ3v) is 7.80. The van der Waals surface area contributed by atoms with E-state index in [1.165, 1.54) is 75.5 Å². The summed E-state index contributed by atoms with van der Waals surface area (Å²) in [4.78, 5) is 0. The maximum atomic E-state index is 16.6. The van der Waals surface area contributed by atoms with Crippen molar-refractivity contribution >= 4 is 5.57 Å². The van der Waals surface area contributed by atoms with Crippen molar-refractivity contribution in [1.29, 1.82) is 0 Å². The second kappa shape index (κ2) is 16.6. The number of alkyl halides is 1. The van der Waals surface area contributed by atoms with Crippen molar-refractivity contribution < 1.29 is 17.9 Å². The molecule has 0 heterocycles. The molecule has 0 aromatic heterocycles. The van der Waals surface area contributed by atoms with Crippen LogP contribution in [-0.4, -0.2) is 6.61 Å². The van der Waals surface area contributed by atoms with Crippen LogP contribution in [-0.2, 0) is 12.1 Å². The van der Waals surface area contributed by atoms with Crippen LogP contribution in [0.25, 0.3) is 5.57 Å². The van der Waals surface area contributed by atoms with Crippen molar-refractivity contribution in [3.8, 4) is 5.75 Å². The quantitative estimate of drug-likeness (QED) is 0.171. The third kappa shape index (κ3) is 9.01. The number of hydrogen-bond acceptors (Lipinski definition) is 1. The van der Waals surface area contributed by atoms with E-state index in [-0.39, 0.29) is 23.3 Å². The molecule has 39 heavy (non-hydrogen) atoms. The number of unbranched alkanes of at least 4 members (excludes halogenated alkanes) is 11. The number of halogens is 3. The number of rotatable bonds is 18. The van der Waals surface area contributed by atoms with Crippen molar-refractivity contribution in [2.45, 2.75) is 116 Å². The molecule has 2 aromatic rings. The number of allylic oxidation sites excluding steroid dienone is 4. The van der Waals surface area contributed by atoms with Gasteiger partial charge in [-0.25, -0.2) is 8.78 Å². The smallest absolute Gasteiger partial charge is 0.201 e. The second-order valence-electron chi connectivity index (χ2n) is 10.9. The minimum absolute atomic E-state index is 0.0567. The summed E-state index contributed by atoms with van der Waals surface area (Å²) in [5.41, 5.74) is -0.211. The van der Waals surface area contributed by atoms with Crippen LogP contribution in [0.15, 0.2) is 54.6 Å². The fourth-order valence-electron chi connectivity index (χ4n) is 5.35. The SMILES string of the molecule is CCCCCCCCCCOc1ccc(C2=CC=CCC2(F)c2ccc(CCCCCCC)cc2)c(F)c1F. The van der Waals surface area contributed by atoms with Gasteiger partial charge in [-0.1, -0.05) is 127 Å². The third-order valence-electron chi connectivity index (χ3n) is 7.80. The highest BCUT2D eigenvalue weighted by atomic mass is 19.2. The van der Waals surface area contributed by atoms with Crippen LogP contribution in [0.5, 0.6) is 5.75 Å². The molecule has 214 valence electrons. The molecule has 1 unspecified atom stereocenters. The molecule has 0 saturated heterocycles. The average Bonchev–Trinajstić information content (AvgIpc) is 2.95. The van der Waals surface area contributed by atoms with Gasteiger partial charge in [-0.15, -0.1) is 0 Å². The Bertz CT molecular complexity index is 1060. The van der Waals surface area contributed by atoms with Gasteiger partial charge in [-0.3, -0.25) is 0 Å². The van der Waals surface area contributed by atoms with Gasteiger partial charge in [-0.05, 0) is 42.5 Å². The maximum absolute atomic E-state index is 16.6. The summed E-state index contributed by atoms with van der Waals surface area (Å²) >= 11 is 0.